The molecular formula is C35H31NO4. The normalized spacial score (nSPS) is 14.5. The third kappa shape index (κ3) is 4.63. The second-order valence-electron chi connectivity index (χ2n) is 10.3. The molecule has 1 heterocycles. The van der Waals surface area contributed by atoms with Gasteiger partial charge < -0.3 is 14.4 Å². The predicted molar refractivity (Wildman–Crippen MR) is 156 cm³/mol. The molecule has 5 heteroatoms. The molecule has 0 bridgehead atoms. The second kappa shape index (κ2) is 10.6. The lowest BCUT2D eigenvalue weighted by atomic mass is 9.87. The van der Waals surface area contributed by atoms with Crippen molar-refractivity contribution in [3.05, 3.63) is 126 Å². The Bertz CT molecular complexity index is 1650. The fourth-order valence-corrected chi connectivity index (χ4v) is 5.48. The van der Waals surface area contributed by atoms with Crippen LogP contribution in [0.3, 0.4) is 0 Å². The van der Waals surface area contributed by atoms with Crippen molar-refractivity contribution >= 4 is 5.97 Å². The summed E-state index contributed by atoms with van der Waals surface area (Å²) in [7, 11) is 0. The number of rotatable bonds is 8. The van der Waals surface area contributed by atoms with Crippen LogP contribution in [-0.4, -0.2) is 22.8 Å². The molecule has 1 unspecified atom stereocenters. The average molecular weight is 530 g/mol. The number of ether oxygens (including phenoxy) is 1. The number of esters is 1. The quantitative estimate of drug-likeness (QED) is 0.209. The fraction of sp³-hybridized carbons (Fsp3) is 0.200. The molecule has 1 atom stereocenters. The monoisotopic (exact) mass is 529 g/mol. The number of hydrogen-bond acceptors (Lipinski definition) is 5. The Morgan fingerprint density at radius 1 is 0.875 bits per heavy atom. The number of aromatic nitrogens is 1. The van der Waals surface area contributed by atoms with Gasteiger partial charge in [0.25, 0.3) is 0 Å². The molecule has 6 rings (SSSR count). The van der Waals surface area contributed by atoms with E-state index < -0.39 is 11.5 Å². The van der Waals surface area contributed by atoms with Gasteiger partial charge in [-0.2, -0.15) is 0 Å². The van der Waals surface area contributed by atoms with E-state index in [1.165, 1.54) is 0 Å². The van der Waals surface area contributed by atoms with Gasteiger partial charge in [0, 0.05) is 5.56 Å². The van der Waals surface area contributed by atoms with E-state index in [9.17, 15) is 9.90 Å². The summed E-state index contributed by atoms with van der Waals surface area (Å²) >= 11 is 0. The summed E-state index contributed by atoms with van der Waals surface area (Å²) < 4.78 is 11.4. The van der Waals surface area contributed by atoms with E-state index in [0.717, 1.165) is 51.8 Å². The summed E-state index contributed by atoms with van der Waals surface area (Å²) in [6.07, 6.45) is 0.525. The summed E-state index contributed by atoms with van der Waals surface area (Å²) in [5, 5.41) is 16.1. The molecule has 0 aliphatic heterocycles. The van der Waals surface area contributed by atoms with Crippen LogP contribution in [0.2, 0.25) is 0 Å². The van der Waals surface area contributed by atoms with Crippen LogP contribution in [0, 0.1) is 6.92 Å². The molecule has 0 saturated heterocycles. The molecule has 5 nitrogen and oxygen atoms in total. The van der Waals surface area contributed by atoms with Crippen LogP contribution < -0.4 is 0 Å². The van der Waals surface area contributed by atoms with Gasteiger partial charge in [-0.1, -0.05) is 96.2 Å². The molecular weight excluding hydrogens is 498 g/mol. The van der Waals surface area contributed by atoms with Gasteiger partial charge in [-0.05, 0) is 72.2 Å². The van der Waals surface area contributed by atoms with Gasteiger partial charge in [-0.3, -0.25) is 4.79 Å². The zero-order valence-corrected chi connectivity index (χ0v) is 22.6. The molecule has 0 radical (unpaired) electrons. The van der Waals surface area contributed by atoms with Crippen LogP contribution in [0.25, 0.3) is 33.6 Å². The third-order valence-electron chi connectivity index (χ3n) is 7.81. The van der Waals surface area contributed by atoms with Crippen molar-refractivity contribution in [1.29, 1.82) is 0 Å². The van der Waals surface area contributed by atoms with Gasteiger partial charge in [0.1, 0.15) is 6.10 Å². The summed E-state index contributed by atoms with van der Waals surface area (Å²) in [6.45, 7) is 4.02. The van der Waals surface area contributed by atoms with Gasteiger partial charge in [-0.15, -0.1) is 0 Å². The molecule has 1 saturated carbocycles. The van der Waals surface area contributed by atoms with Crippen molar-refractivity contribution in [3.63, 3.8) is 0 Å². The van der Waals surface area contributed by atoms with Crippen molar-refractivity contribution < 1.29 is 19.2 Å². The second-order valence-corrected chi connectivity index (χ2v) is 10.3. The first-order chi connectivity index (χ1) is 19.5. The lowest BCUT2D eigenvalue weighted by Gasteiger charge is -2.18. The Kier molecular flexibility index (Phi) is 6.82. The summed E-state index contributed by atoms with van der Waals surface area (Å²) in [6, 6.07) is 34.1. The molecule has 200 valence electrons. The average Bonchev–Trinajstić information content (AvgIpc) is 3.74. The Labute approximate surface area is 234 Å². The highest BCUT2D eigenvalue weighted by Crippen LogP contribution is 2.51. The Morgan fingerprint density at radius 2 is 1.55 bits per heavy atom. The molecule has 40 heavy (non-hydrogen) atoms. The van der Waals surface area contributed by atoms with Crippen LogP contribution in [0.4, 0.5) is 0 Å². The maximum Gasteiger partial charge on any atom is 0.316 e. The molecule has 0 spiro atoms. The highest BCUT2D eigenvalue weighted by atomic mass is 16.5. The van der Waals surface area contributed by atoms with Gasteiger partial charge in [-0.25, -0.2) is 0 Å². The molecule has 1 fully saturated rings. The molecule has 4 aromatic carbocycles. The lowest BCUT2D eigenvalue weighted by molar-refractivity contribution is -0.146. The molecule has 0 amide bonds. The zero-order chi connectivity index (χ0) is 27.7. The van der Waals surface area contributed by atoms with E-state index in [2.05, 4.69) is 17.3 Å². The van der Waals surface area contributed by atoms with E-state index in [4.69, 9.17) is 9.26 Å². The number of nitrogens with zero attached hydrogens (tertiary/aromatic N) is 1. The SMILES string of the molecule is CCOC(=O)C1(c2ccc(-c3ccccc3)c(-c3onc(C)c3C(O)c3cccc(-c4ccccc4)c3)c2)CC1. The van der Waals surface area contributed by atoms with Gasteiger partial charge >= 0.3 is 5.97 Å². The van der Waals surface area contributed by atoms with E-state index in [1.807, 2.05) is 105 Å². The number of benzene rings is 4. The minimum absolute atomic E-state index is 0.194. The van der Waals surface area contributed by atoms with Crippen molar-refractivity contribution in [2.24, 2.45) is 0 Å². The van der Waals surface area contributed by atoms with Crippen molar-refractivity contribution in [2.75, 3.05) is 6.61 Å². The number of hydrogen-bond donors (Lipinski definition) is 1. The van der Waals surface area contributed by atoms with Crippen molar-refractivity contribution in [3.8, 4) is 33.6 Å². The van der Waals surface area contributed by atoms with Crippen LogP contribution in [-0.2, 0) is 14.9 Å². The van der Waals surface area contributed by atoms with E-state index in [-0.39, 0.29) is 5.97 Å². The maximum atomic E-state index is 12.9. The minimum Gasteiger partial charge on any atom is -0.465 e. The van der Waals surface area contributed by atoms with E-state index in [0.29, 0.717) is 23.6 Å². The van der Waals surface area contributed by atoms with Crippen LogP contribution in [0.1, 0.15) is 48.3 Å². The van der Waals surface area contributed by atoms with Crippen molar-refractivity contribution in [2.45, 2.75) is 38.2 Å². The van der Waals surface area contributed by atoms with Crippen LogP contribution in [0.5, 0.6) is 0 Å². The number of aliphatic hydroxyl groups excluding tert-OH is 1. The number of carbonyl (C=O) groups excluding carboxylic acids is 1. The number of aliphatic hydroxyl groups is 1. The maximum absolute atomic E-state index is 12.9. The van der Waals surface area contributed by atoms with Gasteiger partial charge in [0.2, 0.25) is 0 Å². The largest absolute Gasteiger partial charge is 0.465 e. The summed E-state index contributed by atoms with van der Waals surface area (Å²) in [4.78, 5) is 12.9. The molecule has 1 N–H and O–H groups in total. The number of carbonyl (C=O) groups is 1. The first-order valence-electron chi connectivity index (χ1n) is 13.7. The van der Waals surface area contributed by atoms with Gasteiger partial charge in [0.05, 0.1) is 23.3 Å². The van der Waals surface area contributed by atoms with Crippen LogP contribution in [0.15, 0.2) is 108 Å². The molecule has 1 aliphatic rings. The zero-order valence-electron chi connectivity index (χ0n) is 22.6. The Balaban J connectivity index is 1.48. The Morgan fingerprint density at radius 3 is 2.23 bits per heavy atom. The topological polar surface area (TPSA) is 72.6 Å². The fourth-order valence-electron chi connectivity index (χ4n) is 5.48. The van der Waals surface area contributed by atoms with E-state index >= 15 is 0 Å². The third-order valence-corrected chi connectivity index (χ3v) is 7.81. The summed E-state index contributed by atoms with van der Waals surface area (Å²) in [5.74, 6) is 0.302. The minimum atomic E-state index is -0.961. The first kappa shape index (κ1) is 25.8. The number of aryl methyl sites for hydroxylation is 1. The molecule has 1 aromatic heterocycles. The van der Waals surface area contributed by atoms with Crippen LogP contribution >= 0.6 is 0 Å². The summed E-state index contributed by atoms with van der Waals surface area (Å²) in [5.41, 5.74) is 7.04. The smallest absolute Gasteiger partial charge is 0.316 e. The first-order valence-corrected chi connectivity index (χ1v) is 13.7. The van der Waals surface area contributed by atoms with Crippen molar-refractivity contribution in [1.82, 2.24) is 5.16 Å². The van der Waals surface area contributed by atoms with E-state index in [1.54, 1.807) is 0 Å². The molecule has 5 aromatic rings. The standard InChI is InChI=1S/C35H31NO4/c1-3-39-34(38)35(19-20-35)28-17-18-29(25-13-8-5-9-14-25)30(22-28)33-31(23(2)36-40-33)32(37)27-16-10-15-26(21-27)24-11-6-4-7-12-24/h4-18,21-22,32,37H,3,19-20H2,1-2H3. The predicted octanol–water partition coefficient (Wildman–Crippen LogP) is 7.66. The highest BCUT2D eigenvalue weighted by Gasteiger charge is 2.53. The highest BCUT2D eigenvalue weighted by molar-refractivity contribution is 5.90. The lowest BCUT2D eigenvalue weighted by Crippen LogP contribution is -2.23. The Hall–Kier alpha value is -4.48. The van der Waals surface area contributed by atoms with Gasteiger partial charge in [0.15, 0.2) is 5.76 Å². The molecule has 1 aliphatic carbocycles.